The van der Waals surface area contributed by atoms with E-state index in [9.17, 15) is 8.42 Å². The van der Waals surface area contributed by atoms with Gasteiger partial charge in [0.2, 0.25) is 10.0 Å². The van der Waals surface area contributed by atoms with Crippen molar-refractivity contribution >= 4 is 37.3 Å². The summed E-state index contributed by atoms with van der Waals surface area (Å²) in [6.45, 7) is 0.236. The van der Waals surface area contributed by atoms with Crippen molar-refractivity contribution in [1.29, 1.82) is 0 Å². The maximum atomic E-state index is 12.4. The summed E-state index contributed by atoms with van der Waals surface area (Å²) < 4.78 is 27.1. The smallest absolute Gasteiger partial charge is 0.243 e. The maximum Gasteiger partial charge on any atom is 0.243 e. The molecule has 1 aromatic carbocycles. The van der Waals surface area contributed by atoms with Crippen LogP contribution in [0.25, 0.3) is 0 Å². The Morgan fingerprint density at radius 2 is 1.95 bits per heavy atom. The molecule has 1 heterocycles. The molecule has 2 aromatic rings. The van der Waals surface area contributed by atoms with Gasteiger partial charge in [-0.25, -0.2) is 8.42 Å². The van der Waals surface area contributed by atoms with Gasteiger partial charge in [0.25, 0.3) is 0 Å². The number of thiophene rings is 1. The second kappa shape index (κ2) is 6.36. The summed E-state index contributed by atoms with van der Waals surface area (Å²) in [5.41, 5.74) is 0.689. The van der Waals surface area contributed by atoms with E-state index in [1.54, 1.807) is 19.2 Å². The summed E-state index contributed by atoms with van der Waals surface area (Å²) in [5.74, 6) is 0. The predicted octanol–water partition coefficient (Wildman–Crippen LogP) is 2.82. The molecule has 0 bridgehead atoms. The molecule has 1 aromatic heterocycles. The normalized spacial score (nSPS) is 12.0. The lowest BCUT2D eigenvalue weighted by molar-refractivity contribution is 0.281. The minimum Gasteiger partial charge on any atom is -0.392 e. The molecule has 0 saturated carbocycles. The van der Waals surface area contributed by atoms with Crippen LogP contribution in [0.4, 0.5) is 0 Å². The van der Waals surface area contributed by atoms with E-state index in [0.29, 0.717) is 12.1 Å². The van der Waals surface area contributed by atoms with Gasteiger partial charge in [-0.3, -0.25) is 0 Å². The molecule has 0 spiro atoms. The van der Waals surface area contributed by atoms with Crippen molar-refractivity contribution in [3.05, 3.63) is 50.6 Å². The molecular weight excluding hydrogens is 362 g/mol. The fourth-order valence-corrected chi connectivity index (χ4v) is 4.42. The molecule has 2 rings (SSSR count). The van der Waals surface area contributed by atoms with Gasteiger partial charge in [-0.2, -0.15) is 4.31 Å². The van der Waals surface area contributed by atoms with Gasteiger partial charge in [0.1, 0.15) is 0 Å². The van der Waals surface area contributed by atoms with Crippen LogP contribution in [0.3, 0.4) is 0 Å². The number of aliphatic hydroxyl groups is 1. The lowest BCUT2D eigenvalue weighted by Gasteiger charge is -2.16. The van der Waals surface area contributed by atoms with Gasteiger partial charge in [0.15, 0.2) is 0 Å². The van der Waals surface area contributed by atoms with Crippen LogP contribution in [0.1, 0.15) is 10.4 Å². The van der Waals surface area contributed by atoms with Crippen LogP contribution < -0.4 is 0 Å². The molecule has 0 aliphatic carbocycles. The third-order valence-corrected chi connectivity index (χ3v) is 6.31. The van der Waals surface area contributed by atoms with E-state index in [-0.39, 0.29) is 11.5 Å². The zero-order valence-electron chi connectivity index (χ0n) is 10.8. The molecule has 0 fully saturated rings. The Morgan fingerprint density at radius 3 is 2.45 bits per heavy atom. The summed E-state index contributed by atoms with van der Waals surface area (Å²) in [5, 5.41) is 10.9. The summed E-state index contributed by atoms with van der Waals surface area (Å²) in [7, 11) is -1.95. The highest BCUT2D eigenvalue weighted by Crippen LogP contribution is 2.23. The minimum absolute atomic E-state index is 0.0978. The molecule has 0 aliphatic rings. The van der Waals surface area contributed by atoms with E-state index < -0.39 is 10.0 Å². The zero-order chi connectivity index (χ0) is 14.8. The molecule has 0 unspecified atom stereocenters. The van der Waals surface area contributed by atoms with E-state index in [1.807, 2.05) is 11.4 Å². The van der Waals surface area contributed by atoms with E-state index >= 15 is 0 Å². The van der Waals surface area contributed by atoms with Crippen LogP contribution >= 0.6 is 27.3 Å². The molecule has 20 heavy (non-hydrogen) atoms. The highest BCUT2D eigenvalue weighted by Gasteiger charge is 2.21. The van der Waals surface area contributed by atoms with Crippen molar-refractivity contribution in [1.82, 2.24) is 4.31 Å². The molecule has 0 aliphatic heterocycles. The Kier molecular flexibility index (Phi) is 4.98. The summed E-state index contributed by atoms with van der Waals surface area (Å²) >= 11 is 4.86. The number of hydrogen-bond donors (Lipinski definition) is 1. The number of rotatable bonds is 5. The van der Waals surface area contributed by atoms with Gasteiger partial charge in [-0.1, -0.05) is 12.1 Å². The summed E-state index contributed by atoms with van der Waals surface area (Å²) in [4.78, 5) is 1.20. The molecule has 0 saturated heterocycles. The number of hydrogen-bond acceptors (Lipinski definition) is 4. The number of benzene rings is 1. The van der Waals surface area contributed by atoms with E-state index in [0.717, 1.165) is 9.35 Å². The Hall–Kier alpha value is -0.730. The van der Waals surface area contributed by atoms with Crippen molar-refractivity contribution in [3.8, 4) is 0 Å². The number of nitrogens with zero attached hydrogens (tertiary/aromatic N) is 1. The number of aliphatic hydroxyl groups excluding tert-OH is 1. The first kappa shape index (κ1) is 15.7. The molecule has 0 amide bonds. The molecule has 0 radical (unpaired) electrons. The highest BCUT2D eigenvalue weighted by atomic mass is 79.9. The van der Waals surface area contributed by atoms with Crippen molar-refractivity contribution in [2.24, 2.45) is 0 Å². The molecule has 108 valence electrons. The van der Waals surface area contributed by atoms with E-state index in [1.165, 1.54) is 27.8 Å². The molecule has 4 nitrogen and oxygen atoms in total. The van der Waals surface area contributed by atoms with Crippen molar-refractivity contribution in [3.63, 3.8) is 0 Å². The first-order valence-electron chi connectivity index (χ1n) is 5.82. The van der Waals surface area contributed by atoms with Crippen molar-refractivity contribution < 1.29 is 13.5 Å². The van der Waals surface area contributed by atoms with Gasteiger partial charge in [0, 0.05) is 28.3 Å². The molecule has 1 N–H and O–H groups in total. The Labute approximate surface area is 130 Å². The average molecular weight is 376 g/mol. The van der Waals surface area contributed by atoms with Crippen LogP contribution in [0.2, 0.25) is 0 Å². The van der Waals surface area contributed by atoms with Gasteiger partial charge in [-0.15, -0.1) is 11.3 Å². The Bertz CT molecular complexity index is 680. The summed E-state index contributed by atoms with van der Waals surface area (Å²) in [6, 6.07) is 8.17. The summed E-state index contributed by atoms with van der Waals surface area (Å²) in [6.07, 6.45) is 0. The minimum atomic E-state index is -3.51. The van der Waals surface area contributed by atoms with E-state index in [2.05, 4.69) is 15.9 Å². The van der Waals surface area contributed by atoms with Gasteiger partial charge in [-0.05, 0) is 39.7 Å². The third-order valence-electron chi connectivity index (χ3n) is 2.81. The Balaban J connectivity index is 2.19. The fourth-order valence-electron chi connectivity index (χ4n) is 1.69. The van der Waals surface area contributed by atoms with E-state index in [4.69, 9.17) is 5.11 Å². The second-order valence-corrected chi connectivity index (χ2v) is 8.25. The Morgan fingerprint density at radius 1 is 1.30 bits per heavy atom. The lowest BCUT2D eigenvalue weighted by Crippen LogP contribution is -2.26. The largest absolute Gasteiger partial charge is 0.392 e. The van der Waals surface area contributed by atoms with Crippen LogP contribution in [0.5, 0.6) is 0 Å². The first-order chi connectivity index (χ1) is 9.43. The van der Waals surface area contributed by atoms with Crippen molar-refractivity contribution in [2.45, 2.75) is 18.0 Å². The van der Waals surface area contributed by atoms with Gasteiger partial charge < -0.3 is 5.11 Å². The highest BCUT2D eigenvalue weighted by molar-refractivity contribution is 9.10. The molecule has 0 atom stereocenters. The quantitative estimate of drug-likeness (QED) is 0.873. The SMILES string of the molecule is CN(Cc1cc(Br)cs1)S(=O)(=O)c1ccc(CO)cc1. The average Bonchev–Trinajstić information content (AvgIpc) is 2.84. The van der Waals surface area contributed by atoms with Gasteiger partial charge in [0.05, 0.1) is 11.5 Å². The zero-order valence-corrected chi connectivity index (χ0v) is 14.0. The van der Waals surface area contributed by atoms with Crippen LogP contribution in [-0.2, 0) is 23.2 Å². The molecule has 7 heteroatoms. The monoisotopic (exact) mass is 375 g/mol. The van der Waals surface area contributed by atoms with Crippen LogP contribution in [0.15, 0.2) is 45.1 Å². The number of halogens is 1. The topological polar surface area (TPSA) is 57.6 Å². The lowest BCUT2D eigenvalue weighted by atomic mass is 10.2. The van der Waals surface area contributed by atoms with Crippen LogP contribution in [0, 0.1) is 0 Å². The first-order valence-corrected chi connectivity index (χ1v) is 8.94. The third kappa shape index (κ3) is 3.48. The van der Waals surface area contributed by atoms with Gasteiger partial charge >= 0.3 is 0 Å². The standard InChI is InChI=1S/C13H14BrNO3S2/c1-15(7-12-6-11(14)9-19-12)20(17,18)13-4-2-10(8-16)3-5-13/h2-6,9,16H,7-8H2,1H3. The predicted molar refractivity (Wildman–Crippen MR) is 83.0 cm³/mol. The van der Waals surface area contributed by atoms with Crippen LogP contribution in [-0.4, -0.2) is 24.9 Å². The fraction of sp³-hybridized carbons (Fsp3) is 0.231. The maximum absolute atomic E-state index is 12.4. The number of sulfonamides is 1. The van der Waals surface area contributed by atoms with Crippen molar-refractivity contribution in [2.75, 3.05) is 7.05 Å². The molecular formula is C13H14BrNO3S2. The second-order valence-electron chi connectivity index (χ2n) is 4.29.